The first-order valence-electron chi connectivity index (χ1n) is 5.46. The van der Waals surface area contributed by atoms with Gasteiger partial charge in [-0.15, -0.1) is 0 Å². The minimum Gasteiger partial charge on any atom is -0.396 e. The van der Waals surface area contributed by atoms with Crippen LogP contribution in [0.25, 0.3) is 0 Å². The van der Waals surface area contributed by atoms with Gasteiger partial charge in [0.1, 0.15) is 0 Å². The van der Waals surface area contributed by atoms with E-state index < -0.39 is 0 Å². The van der Waals surface area contributed by atoms with Crippen molar-refractivity contribution < 1.29 is 5.11 Å². The second-order valence-electron chi connectivity index (χ2n) is 3.05. The molecule has 0 aromatic rings. The van der Waals surface area contributed by atoms with Gasteiger partial charge in [0.25, 0.3) is 0 Å². The summed E-state index contributed by atoms with van der Waals surface area (Å²) in [4.78, 5) is 0. The fourth-order valence-corrected chi connectivity index (χ4v) is 0.891. The molecule has 1 N–H and O–H groups in total. The van der Waals surface area contributed by atoms with Crippen LogP contribution >= 0.6 is 0 Å². The minimum absolute atomic E-state index is 0.278. The zero-order valence-electron chi connectivity index (χ0n) is 9.74. The highest BCUT2D eigenvalue weighted by Crippen LogP contribution is 1.95. The Balaban J connectivity index is 3.65. The molecule has 0 amide bonds. The van der Waals surface area contributed by atoms with Gasteiger partial charge in [0.05, 0.1) is 0 Å². The molecule has 0 fully saturated rings. The largest absolute Gasteiger partial charge is 0.396 e. The lowest BCUT2D eigenvalue weighted by molar-refractivity contribution is 0.285. The number of unbranched alkanes of at least 4 members (excludes halogenated alkanes) is 2. The number of aliphatic hydroxyl groups is 1. The molecule has 0 aromatic carbocycles. The van der Waals surface area contributed by atoms with Crippen molar-refractivity contribution in [2.24, 2.45) is 0 Å². The second kappa shape index (κ2) is 13.3. The van der Waals surface area contributed by atoms with Crippen molar-refractivity contribution >= 4 is 0 Å². The molecule has 0 aliphatic carbocycles. The zero-order valence-corrected chi connectivity index (χ0v) is 9.74. The van der Waals surface area contributed by atoms with E-state index in [-0.39, 0.29) is 6.61 Å². The van der Waals surface area contributed by atoms with Crippen molar-refractivity contribution in [1.29, 1.82) is 0 Å². The molecule has 1 nitrogen and oxygen atoms in total. The lowest BCUT2D eigenvalue weighted by Crippen LogP contribution is -1.79. The summed E-state index contributed by atoms with van der Waals surface area (Å²) in [6.07, 6.45) is 14.2. The molecule has 0 saturated heterocycles. The van der Waals surface area contributed by atoms with Gasteiger partial charge in [-0.25, -0.2) is 0 Å². The first kappa shape index (κ1) is 14.3. The maximum absolute atomic E-state index is 8.55. The van der Waals surface area contributed by atoms with Gasteiger partial charge in [0.15, 0.2) is 0 Å². The third-order valence-corrected chi connectivity index (χ3v) is 1.66. The number of rotatable bonds is 5. The summed E-state index contributed by atoms with van der Waals surface area (Å²) < 4.78 is 0. The standard InChI is InChI=1S/C15H18O/c1-2-3-4-5-6-7-8-9-10-11-12-13-14-15-16/h2-3,8-11,16H,12-15H2,1H3. The summed E-state index contributed by atoms with van der Waals surface area (Å²) in [7, 11) is 0. The number of allylic oxidation sites excluding steroid dienone is 6. The van der Waals surface area contributed by atoms with E-state index in [1.54, 1.807) is 12.2 Å². The molecule has 1 heteroatoms. The smallest absolute Gasteiger partial charge is 0.0431 e. The monoisotopic (exact) mass is 214 g/mol. The highest BCUT2D eigenvalue weighted by molar-refractivity contribution is 5.34. The Morgan fingerprint density at radius 2 is 1.75 bits per heavy atom. The highest BCUT2D eigenvalue weighted by atomic mass is 16.2. The van der Waals surface area contributed by atoms with E-state index in [0.717, 1.165) is 19.3 Å². The van der Waals surface area contributed by atoms with Crippen LogP contribution in [-0.4, -0.2) is 11.7 Å². The topological polar surface area (TPSA) is 20.2 Å². The van der Waals surface area contributed by atoms with Crippen LogP contribution in [0, 0.1) is 23.7 Å². The summed E-state index contributed by atoms with van der Waals surface area (Å²) in [5.74, 6) is 11.0. The SMILES string of the molecule is CC=CC#CC#CC=CC=CCCCCO. The molecule has 0 aromatic heterocycles. The average Bonchev–Trinajstić information content (AvgIpc) is 2.31. The van der Waals surface area contributed by atoms with Crippen molar-refractivity contribution in [2.45, 2.75) is 26.2 Å². The van der Waals surface area contributed by atoms with E-state index in [9.17, 15) is 0 Å². The molecular formula is C15H18O. The molecule has 0 unspecified atom stereocenters. The van der Waals surface area contributed by atoms with Gasteiger partial charge in [-0.05, 0) is 50.2 Å². The average molecular weight is 214 g/mol. The zero-order chi connectivity index (χ0) is 11.9. The molecule has 0 atom stereocenters. The Kier molecular flexibility index (Phi) is 11.9. The molecule has 0 rings (SSSR count). The van der Waals surface area contributed by atoms with Crippen molar-refractivity contribution in [1.82, 2.24) is 0 Å². The molecule has 84 valence electrons. The lowest BCUT2D eigenvalue weighted by Gasteiger charge is -1.89. The maximum atomic E-state index is 8.55. The normalized spacial score (nSPS) is 10.4. The first-order valence-corrected chi connectivity index (χ1v) is 5.46. The van der Waals surface area contributed by atoms with Gasteiger partial charge in [0.2, 0.25) is 0 Å². The van der Waals surface area contributed by atoms with Gasteiger partial charge in [-0.2, -0.15) is 0 Å². The van der Waals surface area contributed by atoms with Crippen molar-refractivity contribution in [3.05, 3.63) is 36.5 Å². The molecule has 0 aliphatic rings. The summed E-state index contributed by atoms with van der Waals surface area (Å²) in [6, 6.07) is 0. The fraction of sp³-hybridized carbons (Fsp3) is 0.333. The minimum atomic E-state index is 0.278. The Hall–Kier alpha value is -1.70. The number of hydrogen-bond acceptors (Lipinski definition) is 1. The Labute approximate surface area is 98.6 Å². The third kappa shape index (κ3) is 12.3. The Morgan fingerprint density at radius 3 is 2.44 bits per heavy atom. The van der Waals surface area contributed by atoms with Gasteiger partial charge in [-0.3, -0.25) is 0 Å². The van der Waals surface area contributed by atoms with Crippen molar-refractivity contribution in [3.63, 3.8) is 0 Å². The van der Waals surface area contributed by atoms with Crippen LogP contribution in [0.1, 0.15) is 26.2 Å². The van der Waals surface area contributed by atoms with Crippen LogP contribution in [0.3, 0.4) is 0 Å². The molecule has 0 saturated carbocycles. The van der Waals surface area contributed by atoms with E-state index in [1.165, 1.54) is 0 Å². The van der Waals surface area contributed by atoms with Gasteiger partial charge < -0.3 is 5.11 Å². The van der Waals surface area contributed by atoms with Gasteiger partial charge >= 0.3 is 0 Å². The van der Waals surface area contributed by atoms with Crippen LogP contribution in [-0.2, 0) is 0 Å². The number of aliphatic hydroxyl groups excluding tert-OH is 1. The fourth-order valence-electron chi connectivity index (χ4n) is 0.891. The summed E-state index contributed by atoms with van der Waals surface area (Å²) in [6.45, 7) is 2.20. The quantitative estimate of drug-likeness (QED) is 0.424. The van der Waals surface area contributed by atoms with E-state index in [4.69, 9.17) is 5.11 Å². The third-order valence-electron chi connectivity index (χ3n) is 1.66. The molecule has 0 spiro atoms. The van der Waals surface area contributed by atoms with Gasteiger partial charge in [-0.1, -0.05) is 36.1 Å². The second-order valence-corrected chi connectivity index (χ2v) is 3.05. The molecule has 0 heterocycles. The van der Waals surface area contributed by atoms with E-state index in [0.29, 0.717) is 0 Å². The van der Waals surface area contributed by atoms with E-state index >= 15 is 0 Å². The summed E-state index contributed by atoms with van der Waals surface area (Å²) in [5, 5.41) is 8.55. The van der Waals surface area contributed by atoms with E-state index in [2.05, 4.69) is 29.8 Å². The van der Waals surface area contributed by atoms with Crippen molar-refractivity contribution in [3.8, 4) is 23.7 Å². The van der Waals surface area contributed by atoms with Crippen LogP contribution in [0.4, 0.5) is 0 Å². The molecular weight excluding hydrogens is 196 g/mol. The van der Waals surface area contributed by atoms with Crippen LogP contribution in [0.15, 0.2) is 36.5 Å². The van der Waals surface area contributed by atoms with Crippen LogP contribution in [0.5, 0.6) is 0 Å². The first-order chi connectivity index (χ1) is 7.91. The Morgan fingerprint density at radius 1 is 1.00 bits per heavy atom. The molecule has 0 bridgehead atoms. The number of hydrogen-bond donors (Lipinski definition) is 1. The van der Waals surface area contributed by atoms with Crippen molar-refractivity contribution in [2.75, 3.05) is 6.61 Å². The summed E-state index contributed by atoms with van der Waals surface area (Å²) in [5.41, 5.74) is 0. The highest BCUT2D eigenvalue weighted by Gasteiger charge is 1.80. The molecule has 0 aliphatic heterocycles. The van der Waals surface area contributed by atoms with Gasteiger partial charge in [0, 0.05) is 6.61 Å². The lowest BCUT2D eigenvalue weighted by atomic mass is 10.2. The van der Waals surface area contributed by atoms with Crippen LogP contribution < -0.4 is 0 Å². The summed E-state index contributed by atoms with van der Waals surface area (Å²) >= 11 is 0. The van der Waals surface area contributed by atoms with Crippen LogP contribution in [0.2, 0.25) is 0 Å². The molecule has 0 radical (unpaired) electrons. The predicted octanol–water partition coefficient (Wildman–Crippen LogP) is 2.84. The van der Waals surface area contributed by atoms with E-state index in [1.807, 2.05) is 25.2 Å². The Bertz CT molecular complexity index is 350. The predicted molar refractivity (Wildman–Crippen MR) is 69.6 cm³/mol. The maximum Gasteiger partial charge on any atom is 0.0431 e. The molecule has 16 heavy (non-hydrogen) atoms.